The summed E-state index contributed by atoms with van der Waals surface area (Å²) in [6, 6.07) is 3.25. The summed E-state index contributed by atoms with van der Waals surface area (Å²) in [7, 11) is 0. The van der Waals surface area contributed by atoms with Crippen LogP contribution in [0.2, 0.25) is 0 Å². The third-order valence-electron chi connectivity index (χ3n) is 5.68. The number of hydrogen-bond donors (Lipinski definition) is 1. The average molecular weight is 292 g/mol. The van der Waals surface area contributed by atoms with Crippen LogP contribution in [-0.2, 0) is 6.42 Å². The highest BCUT2D eigenvalue weighted by Gasteiger charge is 2.38. The molecular formula is C17H28N2S. The Kier molecular flexibility index (Phi) is 3.95. The highest BCUT2D eigenvalue weighted by Crippen LogP contribution is 2.40. The predicted molar refractivity (Wildman–Crippen MR) is 87.1 cm³/mol. The number of hydrogen-bond acceptors (Lipinski definition) is 3. The van der Waals surface area contributed by atoms with Crippen LogP contribution >= 0.6 is 11.3 Å². The molecular weight excluding hydrogens is 264 g/mol. The first-order chi connectivity index (χ1) is 9.49. The molecule has 3 rings (SSSR count). The smallest absolute Gasteiger partial charge is 0.0331 e. The molecule has 2 nitrogen and oxygen atoms in total. The first-order valence-corrected chi connectivity index (χ1v) is 8.93. The molecule has 0 saturated heterocycles. The van der Waals surface area contributed by atoms with Crippen molar-refractivity contribution in [3.8, 4) is 0 Å². The highest BCUT2D eigenvalue weighted by atomic mass is 32.1. The van der Waals surface area contributed by atoms with Crippen LogP contribution in [0.4, 0.5) is 0 Å². The van der Waals surface area contributed by atoms with Gasteiger partial charge in [0.25, 0.3) is 0 Å². The predicted octanol–water partition coefficient (Wildman–Crippen LogP) is 3.82. The Morgan fingerprint density at radius 3 is 3.05 bits per heavy atom. The van der Waals surface area contributed by atoms with Gasteiger partial charge in [-0.05, 0) is 54.5 Å². The molecule has 0 bridgehead atoms. The Balaban J connectivity index is 1.70. The van der Waals surface area contributed by atoms with Crippen LogP contribution in [0.15, 0.2) is 11.4 Å². The molecule has 1 saturated carbocycles. The lowest BCUT2D eigenvalue weighted by Gasteiger charge is -2.45. The fourth-order valence-corrected chi connectivity index (χ4v) is 5.08. The van der Waals surface area contributed by atoms with E-state index in [0.29, 0.717) is 23.4 Å². The Labute approximate surface area is 127 Å². The molecule has 2 N–H and O–H groups in total. The first-order valence-electron chi connectivity index (χ1n) is 8.05. The molecule has 1 aliphatic heterocycles. The van der Waals surface area contributed by atoms with Crippen LogP contribution in [-0.4, -0.2) is 24.0 Å². The maximum absolute atomic E-state index is 6.57. The van der Waals surface area contributed by atoms with Crippen molar-refractivity contribution in [3.63, 3.8) is 0 Å². The monoisotopic (exact) mass is 292 g/mol. The molecule has 0 spiro atoms. The van der Waals surface area contributed by atoms with Crippen LogP contribution in [0.1, 0.15) is 56.5 Å². The molecule has 0 amide bonds. The molecule has 1 aliphatic carbocycles. The second-order valence-corrected chi connectivity index (χ2v) is 8.39. The Bertz CT molecular complexity index is 465. The highest BCUT2D eigenvalue weighted by molar-refractivity contribution is 7.10. The van der Waals surface area contributed by atoms with Crippen molar-refractivity contribution in [1.29, 1.82) is 0 Å². The number of nitrogens with zero attached hydrogens (tertiary/aromatic N) is 1. The number of fused-ring (bicyclic) bond motifs is 1. The van der Waals surface area contributed by atoms with Crippen LogP contribution in [0.5, 0.6) is 0 Å². The van der Waals surface area contributed by atoms with E-state index in [1.165, 1.54) is 38.8 Å². The van der Waals surface area contributed by atoms with Crippen molar-refractivity contribution in [2.24, 2.45) is 17.1 Å². The van der Waals surface area contributed by atoms with Crippen molar-refractivity contribution in [1.82, 2.24) is 4.90 Å². The fraction of sp³-hybridized carbons (Fsp3) is 0.765. The number of thiophene rings is 1. The molecule has 3 unspecified atom stereocenters. The second kappa shape index (κ2) is 5.43. The molecule has 3 heteroatoms. The van der Waals surface area contributed by atoms with Gasteiger partial charge in [0.05, 0.1) is 0 Å². The number of rotatable bonds is 2. The Morgan fingerprint density at radius 1 is 1.45 bits per heavy atom. The zero-order valence-electron chi connectivity index (χ0n) is 13.1. The van der Waals surface area contributed by atoms with Gasteiger partial charge in [0, 0.05) is 30.1 Å². The van der Waals surface area contributed by atoms with Gasteiger partial charge in [0.2, 0.25) is 0 Å². The van der Waals surface area contributed by atoms with E-state index in [4.69, 9.17) is 5.73 Å². The van der Waals surface area contributed by atoms with Crippen molar-refractivity contribution in [2.45, 2.75) is 58.5 Å². The van der Waals surface area contributed by atoms with Crippen molar-refractivity contribution in [2.75, 3.05) is 13.1 Å². The third kappa shape index (κ3) is 2.56. The lowest BCUT2D eigenvalue weighted by molar-refractivity contribution is 0.0837. The minimum Gasteiger partial charge on any atom is -0.327 e. The second-order valence-electron chi connectivity index (χ2n) is 7.39. The summed E-state index contributed by atoms with van der Waals surface area (Å²) in [6.45, 7) is 9.45. The lowest BCUT2D eigenvalue weighted by Crippen LogP contribution is -2.51. The maximum atomic E-state index is 6.57. The van der Waals surface area contributed by atoms with Crippen molar-refractivity contribution in [3.05, 3.63) is 21.9 Å². The molecule has 3 atom stereocenters. The van der Waals surface area contributed by atoms with E-state index in [9.17, 15) is 0 Å². The molecule has 2 heterocycles. The van der Waals surface area contributed by atoms with E-state index in [-0.39, 0.29) is 0 Å². The van der Waals surface area contributed by atoms with Crippen molar-refractivity contribution >= 4 is 11.3 Å². The summed E-state index contributed by atoms with van der Waals surface area (Å²) in [5, 5.41) is 2.25. The van der Waals surface area contributed by atoms with Gasteiger partial charge in [0.15, 0.2) is 0 Å². The standard InChI is InChI=1S/C17H28N2S/c1-12-14-7-10-20-15(14)6-9-19(12)11-13-5-4-8-17(2,3)16(13)18/h7,10,12-13,16H,4-6,8-9,11,18H2,1-3H3. The van der Waals surface area contributed by atoms with Gasteiger partial charge in [0.1, 0.15) is 0 Å². The van der Waals surface area contributed by atoms with Crippen LogP contribution < -0.4 is 5.73 Å². The van der Waals surface area contributed by atoms with Crippen molar-refractivity contribution < 1.29 is 0 Å². The molecule has 0 aromatic carbocycles. The zero-order valence-corrected chi connectivity index (χ0v) is 13.9. The molecule has 112 valence electrons. The average Bonchev–Trinajstić information content (AvgIpc) is 2.87. The van der Waals surface area contributed by atoms with Gasteiger partial charge in [-0.2, -0.15) is 0 Å². The summed E-state index contributed by atoms with van der Waals surface area (Å²) in [4.78, 5) is 4.27. The molecule has 20 heavy (non-hydrogen) atoms. The molecule has 1 fully saturated rings. The largest absolute Gasteiger partial charge is 0.327 e. The van der Waals surface area contributed by atoms with E-state index in [2.05, 4.69) is 37.1 Å². The van der Waals surface area contributed by atoms with Gasteiger partial charge in [-0.3, -0.25) is 4.90 Å². The minimum atomic E-state index is 0.315. The van der Waals surface area contributed by atoms with E-state index >= 15 is 0 Å². The minimum absolute atomic E-state index is 0.315. The van der Waals surface area contributed by atoms with E-state index < -0.39 is 0 Å². The summed E-state index contributed by atoms with van der Waals surface area (Å²) in [5.74, 6) is 0.668. The van der Waals surface area contributed by atoms with Gasteiger partial charge >= 0.3 is 0 Å². The quantitative estimate of drug-likeness (QED) is 0.898. The summed E-state index contributed by atoms with van der Waals surface area (Å²) in [6.07, 6.45) is 5.17. The fourth-order valence-electron chi connectivity index (χ4n) is 4.12. The Morgan fingerprint density at radius 2 is 2.25 bits per heavy atom. The Hall–Kier alpha value is -0.380. The van der Waals surface area contributed by atoms with Gasteiger partial charge < -0.3 is 5.73 Å². The third-order valence-corrected chi connectivity index (χ3v) is 6.68. The number of nitrogens with two attached hydrogens (primary N) is 1. The molecule has 1 aromatic heterocycles. The summed E-state index contributed by atoms with van der Waals surface area (Å²) >= 11 is 1.93. The van der Waals surface area contributed by atoms with Crippen LogP contribution in [0.25, 0.3) is 0 Å². The van der Waals surface area contributed by atoms with E-state index in [1.54, 1.807) is 10.4 Å². The van der Waals surface area contributed by atoms with Crippen LogP contribution in [0, 0.1) is 11.3 Å². The zero-order chi connectivity index (χ0) is 14.3. The molecule has 0 radical (unpaired) electrons. The summed E-state index contributed by atoms with van der Waals surface area (Å²) in [5.41, 5.74) is 8.44. The SMILES string of the molecule is CC1c2ccsc2CCN1CC1CCCC(C)(C)C1N. The first kappa shape index (κ1) is 14.6. The van der Waals surface area contributed by atoms with Gasteiger partial charge in [-0.25, -0.2) is 0 Å². The van der Waals surface area contributed by atoms with E-state index in [0.717, 1.165) is 0 Å². The maximum Gasteiger partial charge on any atom is 0.0331 e. The van der Waals surface area contributed by atoms with Gasteiger partial charge in [-0.1, -0.05) is 20.3 Å². The van der Waals surface area contributed by atoms with Crippen LogP contribution in [0.3, 0.4) is 0 Å². The van der Waals surface area contributed by atoms with Gasteiger partial charge in [-0.15, -0.1) is 11.3 Å². The lowest BCUT2D eigenvalue weighted by atomic mass is 9.68. The van der Waals surface area contributed by atoms with E-state index in [1.807, 2.05) is 11.3 Å². The molecule has 2 aliphatic rings. The normalized spacial score (nSPS) is 33.9. The topological polar surface area (TPSA) is 29.3 Å². The molecule has 1 aromatic rings. The summed E-state index contributed by atoms with van der Waals surface area (Å²) < 4.78 is 0.